The van der Waals surface area contributed by atoms with Crippen LogP contribution in [-0.4, -0.2) is 22.1 Å². The van der Waals surface area contributed by atoms with Crippen LogP contribution in [0.25, 0.3) is 0 Å². The van der Waals surface area contributed by atoms with Crippen molar-refractivity contribution in [2.24, 2.45) is 0 Å². The van der Waals surface area contributed by atoms with Gasteiger partial charge in [-0.3, -0.25) is 0 Å². The van der Waals surface area contributed by atoms with E-state index in [0.29, 0.717) is 11.9 Å². The SMILES string of the molecule is N#Cc1nccn1CC1CCCN1. The van der Waals surface area contributed by atoms with E-state index in [9.17, 15) is 0 Å². The lowest BCUT2D eigenvalue weighted by Gasteiger charge is -2.10. The second-order valence-electron chi connectivity index (χ2n) is 3.31. The van der Waals surface area contributed by atoms with Gasteiger partial charge >= 0.3 is 0 Å². The zero-order chi connectivity index (χ0) is 9.10. The molecule has 68 valence electrons. The molecule has 2 rings (SSSR count). The maximum Gasteiger partial charge on any atom is 0.212 e. The van der Waals surface area contributed by atoms with Crippen molar-refractivity contribution in [2.75, 3.05) is 6.54 Å². The lowest BCUT2D eigenvalue weighted by molar-refractivity contribution is 0.506. The highest BCUT2D eigenvalue weighted by Gasteiger charge is 2.15. The molecule has 1 aliphatic rings. The van der Waals surface area contributed by atoms with E-state index in [4.69, 9.17) is 5.26 Å². The summed E-state index contributed by atoms with van der Waals surface area (Å²) >= 11 is 0. The number of hydrogen-bond acceptors (Lipinski definition) is 3. The van der Waals surface area contributed by atoms with E-state index in [1.54, 1.807) is 6.20 Å². The molecule has 1 saturated heterocycles. The molecule has 1 aromatic rings. The Morgan fingerprint density at radius 3 is 3.38 bits per heavy atom. The molecule has 4 heteroatoms. The van der Waals surface area contributed by atoms with Crippen LogP contribution in [-0.2, 0) is 6.54 Å². The van der Waals surface area contributed by atoms with Gasteiger partial charge in [-0.2, -0.15) is 5.26 Å². The van der Waals surface area contributed by atoms with E-state index in [1.807, 2.05) is 10.8 Å². The van der Waals surface area contributed by atoms with Crippen LogP contribution in [0, 0.1) is 11.3 Å². The lowest BCUT2D eigenvalue weighted by atomic mass is 10.2. The highest BCUT2D eigenvalue weighted by atomic mass is 15.1. The lowest BCUT2D eigenvalue weighted by Crippen LogP contribution is -2.26. The van der Waals surface area contributed by atoms with Crippen LogP contribution in [0.4, 0.5) is 0 Å². The molecule has 1 aliphatic heterocycles. The summed E-state index contributed by atoms with van der Waals surface area (Å²) < 4.78 is 1.91. The summed E-state index contributed by atoms with van der Waals surface area (Å²) in [5.41, 5.74) is 0. The highest BCUT2D eigenvalue weighted by Crippen LogP contribution is 2.08. The zero-order valence-electron chi connectivity index (χ0n) is 7.40. The van der Waals surface area contributed by atoms with Crippen molar-refractivity contribution in [1.29, 1.82) is 5.26 Å². The predicted octanol–water partition coefficient (Wildman–Crippen LogP) is 0.507. The Labute approximate surface area is 77.2 Å². The van der Waals surface area contributed by atoms with Gasteiger partial charge in [0, 0.05) is 25.0 Å². The minimum absolute atomic E-state index is 0.508. The minimum Gasteiger partial charge on any atom is -0.321 e. The summed E-state index contributed by atoms with van der Waals surface area (Å²) in [4.78, 5) is 3.95. The summed E-state index contributed by atoms with van der Waals surface area (Å²) in [5.74, 6) is 0.508. The molecule has 13 heavy (non-hydrogen) atoms. The number of nitriles is 1. The van der Waals surface area contributed by atoms with Crippen LogP contribution in [0.2, 0.25) is 0 Å². The average molecular weight is 176 g/mol. The maximum absolute atomic E-state index is 8.73. The zero-order valence-corrected chi connectivity index (χ0v) is 7.40. The minimum atomic E-state index is 0.508. The Kier molecular flexibility index (Phi) is 2.28. The van der Waals surface area contributed by atoms with Crippen molar-refractivity contribution in [3.63, 3.8) is 0 Å². The van der Waals surface area contributed by atoms with Gasteiger partial charge in [0.15, 0.2) is 0 Å². The third kappa shape index (κ3) is 1.70. The average Bonchev–Trinajstić information content (AvgIpc) is 2.76. The Morgan fingerprint density at radius 2 is 2.69 bits per heavy atom. The normalized spacial score (nSPS) is 21.6. The number of nitrogens with one attached hydrogen (secondary N) is 1. The topological polar surface area (TPSA) is 53.6 Å². The summed E-state index contributed by atoms with van der Waals surface area (Å²) in [6.45, 7) is 1.96. The van der Waals surface area contributed by atoms with Crippen LogP contribution in [0.3, 0.4) is 0 Å². The first-order valence-electron chi connectivity index (χ1n) is 4.55. The van der Waals surface area contributed by atoms with Crippen LogP contribution in [0.5, 0.6) is 0 Å². The molecule has 0 spiro atoms. The fourth-order valence-electron chi connectivity index (χ4n) is 1.72. The molecule has 1 aromatic heterocycles. The van der Waals surface area contributed by atoms with E-state index in [2.05, 4.69) is 16.4 Å². The molecule has 0 bridgehead atoms. The molecule has 0 radical (unpaired) electrons. The number of rotatable bonds is 2. The van der Waals surface area contributed by atoms with Gasteiger partial charge in [0.05, 0.1) is 0 Å². The van der Waals surface area contributed by atoms with Gasteiger partial charge in [0.25, 0.3) is 0 Å². The Bertz CT molecular complexity index is 317. The van der Waals surface area contributed by atoms with Crippen molar-refractivity contribution >= 4 is 0 Å². The van der Waals surface area contributed by atoms with E-state index in [0.717, 1.165) is 13.1 Å². The molecule has 1 N–H and O–H groups in total. The molecular weight excluding hydrogens is 164 g/mol. The molecule has 0 aromatic carbocycles. The number of aromatic nitrogens is 2. The smallest absolute Gasteiger partial charge is 0.212 e. The van der Waals surface area contributed by atoms with E-state index >= 15 is 0 Å². The van der Waals surface area contributed by atoms with Gasteiger partial charge in [0.1, 0.15) is 6.07 Å². The van der Waals surface area contributed by atoms with Crippen molar-refractivity contribution in [3.8, 4) is 6.07 Å². The monoisotopic (exact) mass is 176 g/mol. The Balaban J connectivity index is 2.04. The Hall–Kier alpha value is -1.34. The largest absolute Gasteiger partial charge is 0.321 e. The molecular formula is C9H12N4. The third-order valence-electron chi connectivity index (χ3n) is 2.39. The van der Waals surface area contributed by atoms with Crippen molar-refractivity contribution in [3.05, 3.63) is 18.2 Å². The quantitative estimate of drug-likeness (QED) is 0.714. The third-order valence-corrected chi connectivity index (χ3v) is 2.39. The van der Waals surface area contributed by atoms with Crippen LogP contribution in [0.15, 0.2) is 12.4 Å². The van der Waals surface area contributed by atoms with E-state index in [-0.39, 0.29) is 0 Å². The summed E-state index contributed by atoms with van der Waals surface area (Å²) in [7, 11) is 0. The van der Waals surface area contributed by atoms with Gasteiger partial charge in [-0.15, -0.1) is 0 Å². The van der Waals surface area contributed by atoms with E-state index in [1.165, 1.54) is 12.8 Å². The Morgan fingerprint density at radius 1 is 1.77 bits per heavy atom. The molecule has 4 nitrogen and oxygen atoms in total. The van der Waals surface area contributed by atoms with Crippen LogP contribution < -0.4 is 5.32 Å². The van der Waals surface area contributed by atoms with Crippen molar-refractivity contribution < 1.29 is 0 Å². The van der Waals surface area contributed by atoms with Gasteiger partial charge in [-0.25, -0.2) is 4.98 Å². The number of nitrogens with zero attached hydrogens (tertiary/aromatic N) is 3. The van der Waals surface area contributed by atoms with Crippen LogP contribution in [0.1, 0.15) is 18.7 Å². The number of imidazole rings is 1. The molecule has 2 heterocycles. The fraction of sp³-hybridized carbons (Fsp3) is 0.556. The van der Waals surface area contributed by atoms with Crippen molar-refractivity contribution in [2.45, 2.75) is 25.4 Å². The van der Waals surface area contributed by atoms with E-state index < -0.39 is 0 Å². The number of hydrogen-bond donors (Lipinski definition) is 1. The highest BCUT2D eigenvalue weighted by molar-refractivity contribution is 5.11. The first-order valence-corrected chi connectivity index (χ1v) is 4.55. The second-order valence-corrected chi connectivity index (χ2v) is 3.31. The van der Waals surface area contributed by atoms with Gasteiger partial charge < -0.3 is 9.88 Å². The first kappa shape index (κ1) is 8.27. The maximum atomic E-state index is 8.73. The summed E-state index contributed by atoms with van der Waals surface area (Å²) in [5, 5.41) is 12.1. The van der Waals surface area contributed by atoms with Crippen LogP contribution >= 0.6 is 0 Å². The fourth-order valence-corrected chi connectivity index (χ4v) is 1.72. The molecule has 1 unspecified atom stereocenters. The first-order chi connectivity index (χ1) is 6.40. The standard InChI is InChI=1S/C9H12N4/c10-6-9-12-4-5-13(9)7-8-2-1-3-11-8/h4-5,8,11H,1-3,7H2. The summed E-state index contributed by atoms with van der Waals surface area (Å²) in [6.07, 6.45) is 5.97. The van der Waals surface area contributed by atoms with Crippen molar-refractivity contribution in [1.82, 2.24) is 14.9 Å². The second kappa shape index (κ2) is 3.58. The molecule has 0 saturated carbocycles. The molecule has 1 fully saturated rings. The molecule has 0 aliphatic carbocycles. The molecule has 1 atom stereocenters. The predicted molar refractivity (Wildman–Crippen MR) is 48.0 cm³/mol. The van der Waals surface area contributed by atoms with Gasteiger partial charge in [-0.05, 0) is 19.4 Å². The molecule has 0 amide bonds. The van der Waals surface area contributed by atoms with Gasteiger partial charge in [0.2, 0.25) is 5.82 Å². The summed E-state index contributed by atoms with van der Waals surface area (Å²) in [6, 6.07) is 2.59. The van der Waals surface area contributed by atoms with Gasteiger partial charge in [-0.1, -0.05) is 0 Å².